The highest BCUT2D eigenvalue weighted by molar-refractivity contribution is 7.91. The Balaban J connectivity index is 1.93. The van der Waals surface area contributed by atoms with Gasteiger partial charge in [0.05, 0.1) is 22.0 Å². The summed E-state index contributed by atoms with van der Waals surface area (Å²) in [5, 5.41) is 10.9. The third kappa shape index (κ3) is 5.61. The highest BCUT2D eigenvalue weighted by atomic mass is 32.2. The minimum absolute atomic E-state index is 0.0415. The van der Waals surface area contributed by atoms with Crippen molar-refractivity contribution in [3.63, 3.8) is 0 Å². The van der Waals surface area contributed by atoms with Crippen molar-refractivity contribution >= 4 is 33.5 Å². The predicted octanol–water partition coefficient (Wildman–Crippen LogP) is 1.19. The number of benzene rings is 1. The number of carbonyl (C=O) groups excluding carboxylic acids is 2. The molecule has 27 heavy (non-hydrogen) atoms. The van der Waals surface area contributed by atoms with Crippen LogP contribution in [0.2, 0.25) is 0 Å². The van der Waals surface area contributed by atoms with Crippen molar-refractivity contribution in [3.8, 4) is 0 Å². The Bertz CT molecular complexity index is 864. The van der Waals surface area contributed by atoms with E-state index in [1.54, 1.807) is 13.0 Å². The van der Waals surface area contributed by atoms with E-state index in [1.165, 1.54) is 29.2 Å². The number of nitrogens with zero attached hydrogens (tertiary/aromatic N) is 2. The van der Waals surface area contributed by atoms with Gasteiger partial charge < -0.3 is 9.64 Å². The Morgan fingerprint density at radius 1 is 1.37 bits per heavy atom. The number of nitro groups is 1. The molecule has 2 rings (SSSR count). The maximum atomic E-state index is 12.2. The third-order valence-electron chi connectivity index (χ3n) is 4.18. The summed E-state index contributed by atoms with van der Waals surface area (Å²) in [6.45, 7) is 1.51. The van der Waals surface area contributed by atoms with Crippen LogP contribution in [0.15, 0.2) is 30.3 Å². The normalized spacial score (nSPS) is 18.3. The molecule has 1 amide bonds. The molecule has 0 bridgehead atoms. The van der Waals surface area contributed by atoms with E-state index in [0.717, 1.165) is 6.08 Å². The zero-order chi connectivity index (χ0) is 20.0. The van der Waals surface area contributed by atoms with Gasteiger partial charge in [0.2, 0.25) is 0 Å². The van der Waals surface area contributed by atoms with Gasteiger partial charge in [-0.3, -0.25) is 14.9 Å². The van der Waals surface area contributed by atoms with Gasteiger partial charge in [-0.25, -0.2) is 13.2 Å². The number of hydrogen-bond donors (Lipinski definition) is 0. The smallest absolute Gasteiger partial charge is 0.331 e. The number of amides is 1. The van der Waals surface area contributed by atoms with Gasteiger partial charge in [-0.2, -0.15) is 0 Å². The molecule has 0 saturated carbocycles. The Hall–Kier alpha value is -2.75. The Labute approximate surface area is 156 Å². The summed E-state index contributed by atoms with van der Waals surface area (Å²) in [6.07, 6.45) is 2.62. The second-order valence-corrected chi connectivity index (χ2v) is 8.22. The van der Waals surface area contributed by atoms with Crippen LogP contribution in [0.5, 0.6) is 0 Å². The van der Waals surface area contributed by atoms with Gasteiger partial charge in [0.15, 0.2) is 16.4 Å². The first kappa shape index (κ1) is 20.6. The molecule has 1 fully saturated rings. The first-order chi connectivity index (χ1) is 12.7. The van der Waals surface area contributed by atoms with E-state index < -0.39 is 39.3 Å². The second kappa shape index (κ2) is 8.76. The van der Waals surface area contributed by atoms with Crippen molar-refractivity contribution in [2.24, 2.45) is 0 Å². The van der Waals surface area contributed by atoms with E-state index >= 15 is 0 Å². The minimum atomic E-state index is -3.13. The highest BCUT2D eigenvalue weighted by Gasteiger charge is 2.34. The number of nitro benzene ring substituents is 1. The molecular formula is C17H20N2O7S. The third-order valence-corrected chi connectivity index (χ3v) is 5.93. The quantitative estimate of drug-likeness (QED) is 0.293. The molecule has 0 spiro atoms. The van der Waals surface area contributed by atoms with E-state index in [0.29, 0.717) is 13.0 Å². The molecule has 9 nitrogen and oxygen atoms in total. The van der Waals surface area contributed by atoms with Crippen LogP contribution in [-0.2, 0) is 24.2 Å². The van der Waals surface area contributed by atoms with Crippen LogP contribution < -0.4 is 0 Å². The molecule has 0 N–H and O–H groups in total. The Morgan fingerprint density at radius 2 is 2.07 bits per heavy atom. The molecule has 1 aromatic rings. The molecule has 1 saturated heterocycles. The van der Waals surface area contributed by atoms with Gasteiger partial charge >= 0.3 is 5.97 Å². The Kier molecular flexibility index (Phi) is 6.67. The lowest BCUT2D eigenvalue weighted by Gasteiger charge is -2.26. The fourth-order valence-corrected chi connectivity index (χ4v) is 4.61. The lowest BCUT2D eigenvalue weighted by atomic mass is 10.1. The van der Waals surface area contributed by atoms with E-state index in [1.807, 2.05) is 0 Å². The predicted molar refractivity (Wildman–Crippen MR) is 97.5 cm³/mol. The topological polar surface area (TPSA) is 124 Å². The zero-order valence-corrected chi connectivity index (χ0v) is 15.6. The van der Waals surface area contributed by atoms with Crippen LogP contribution in [0.25, 0.3) is 6.08 Å². The van der Waals surface area contributed by atoms with Gasteiger partial charge in [0.25, 0.3) is 11.6 Å². The first-order valence-corrected chi connectivity index (χ1v) is 10.1. The van der Waals surface area contributed by atoms with E-state index in [9.17, 15) is 28.1 Å². The fraction of sp³-hybridized carbons (Fsp3) is 0.412. The number of rotatable bonds is 7. The number of esters is 1. The maximum Gasteiger partial charge on any atom is 0.331 e. The summed E-state index contributed by atoms with van der Waals surface area (Å²) in [6, 6.07) is 5.48. The molecule has 1 aliphatic heterocycles. The van der Waals surface area contributed by atoms with Gasteiger partial charge in [-0.15, -0.1) is 0 Å². The second-order valence-electron chi connectivity index (χ2n) is 5.99. The van der Waals surface area contributed by atoms with Crippen LogP contribution >= 0.6 is 0 Å². The molecule has 146 valence electrons. The number of para-hydroxylation sites is 1. The molecule has 1 aromatic carbocycles. The molecule has 0 aliphatic carbocycles. The zero-order valence-electron chi connectivity index (χ0n) is 14.7. The van der Waals surface area contributed by atoms with Gasteiger partial charge in [-0.05, 0) is 25.5 Å². The standard InChI is InChI=1S/C17H20N2O7S/c1-2-18(14-9-10-27(24,25)12-14)16(20)11-26-17(21)8-7-13-5-3-4-6-15(13)19(22)23/h3-8,14H,2,9-12H2,1H3/b8-7+. The summed E-state index contributed by atoms with van der Waals surface area (Å²) in [5.74, 6) is -1.35. The number of ether oxygens (including phenoxy) is 1. The summed E-state index contributed by atoms with van der Waals surface area (Å²) in [5.41, 5.74) is 0.0781. The van der Waals surface area contributed by atoms with Crippen molar-refractivity contribution in [3.05, 3.63) is 46.0 Å². The SMILES string of the molecule is CCN(C(=O)COC(=O)/C=C/c1ccccc1[N+](=O)[O-])C1CCS(=O)(=O)C1. The molecule has 1 unspecified atom stereocenters. The summed E-state index contributed by atoms with van der Waals surface area (Å²) in [4.78, 5) is 35.8. The maximum absolute atomic E-state index is 12.2. The van der Waals surface area contributed by atoms with Crippen molar-refractivity contribution < 1.29 is 27.7 Å². The molecule has 1 aliphatic rings. The number of likely N-dealkylation sites (N-methyl/N-ethyl adjacent to an activating group) is 1. The van der Waals surface area contributed by atoms with Crippen LogP contribution in [0, 0.1) is 10.1 Å². The van der Waals surface area contributed by atoms with Crippen molar-refractivity contribution in [2.75, 3.05) is 24.7 Å². The van der Waals surface area contributed by atoms with Gasteiger partial charge in [-0.1, -0.05) is 12.1 Å². The molecule has 10 heteroatoms. The lowest BCUT2D eigenvalue weighted by molar-refractivity contribution is -0.385. The summed E-state index contributed by atoms with van der Waals surface area (Å²) in [7, 11) is -3.13. The summed E-state index contributed by atoms with van der Waals surface area (Å²) < 4.78 is 28.0. The molecule has 0 radical (unpaired) electrons. The summed E-state index contributed by atoms with van der Waals surface area (Å²) >= 11 is 0. The van der Waals surface area contributed by atoms with Gasteiger partial charge in [0.1, 0.15) is 0 Å². The largest absolute Gasteiger partial charge is 0.452 e. The van der Waals surface area contributed by atoms with E-state index in [2.05, 4.69) is 0 Å². The number of carbonyl (C=O) groups is 2. The minimum Gasteiger partial charge on any atom is -0.452 e. The molecule has 0 aromatic heterocycles. The van der Waals surface area contributed by atoms with Crippen LogP contribution in [0.3, 0.4) is 0 Å². The molecular weight excluding hydrogens is 376 g/mol. The van der Waals surface area contributed by atoms with E-state index in [4.69, 9.17) is 4.74 Å². The van der Waals surface area contributed by atoms with Crippen molar-refractivity contribution in [1.82, 2.24) is 4.90 Å². The van der Waals surface area contributed by atoms with Crippen molar-refractivity contribution in [2.45, 2.75) is 19.4 Å². The average Bonchev–Trinajstić information content (AvgIpc) is 2.98. The highest BCUT2D eigenvalue weighted by Crippen LogP contribution is 2.19. The van der Waals surface area contributed by atoms with Crippen molar-refractivity contribution in [1.29, 1.82) is 0 Å². The molecule has 1 heterocycles. The number of hydrogen-bond acceptors (Lipinski definition) is 7. The monoisotopic (exact) mass is 396 g/mol. The van der Waals surface area contributed by atoms with Gasteiger partial charge in [0, 0.05) is 24.7 Å². The number of sulfone groups is 1. The Morgan fingerprint density at radius 3 is 2.67 bits per heavy atom. The first-order valence-electron chi connectivity index (χ1n) is 8.31. The van der Waals surface area contributed by atoms with E-state index in [-0.39, 0.29) is 22.8 Å². The fourth-order valence-electron chi connectivity index (χ4n) is 2.88. The van der Waals surface area contributed by atoms with Crippen LogP contribution in [0.1, 0.15) is 18.9 Å². The average molecular weight is 396 g/mol. The lowest BCUT2D eigenvalue weighted by Crippen LogP contribution is -2.43. The van der Waals surface area contributed by atoms with Crippen LogP contribution in [0.4, 0.5) is 5.69 Å². The van der Waals surface area contributed by atoms with Crippen LogP contribution in [-0.4, -0.2) is 60.8 Å². The molecule has 1 atom stereocenters.